The van der Waals surface area contributed by atoms with Crippen molar-refractivity contribution in [1.29, 1.82) is 0 Å². The summed E-state index contributed by atoms with van der Waals surface area (Å²) in [5, 5.41) is 5.08. The molecule has 4 heteroatoms. The predicted octanol–water partition coefficient (Wildman–Crippen LogP) is 7.06. The van der Waals surface area contributed by atoms with Gasteiger partial charge in [-0.2, -0.15) is 0 Å². The number of allylic oxidation sites excluding steroid dienone is 6. The molecule has 1 N–H and O–H groups in total. The maximum absolute atomic E-state index is 14.0. The van der Waals surface area contributed by atoms with Crippen LogP contribution in [0.4, 0.5) is 8.78 Å². The van der Waals surface area contributed by atoms with E-state index in [1.54, 1.807) is 12.1 Å². The largest absolute Gasteiger partial charge is 0.381 e. The van der Waals surface area contributed by atoms with Crippen LogP contribution in [0.25, 0.3) is 33.1 Å². The monoisotopic (exact) mass is 448 g/mol. The van der Waals surface area contributed by atoms with E-state index in [-0.39, 0.29) is 11.6 Å². The predicted molar refractivity (Wildman–Crippen MR) is 134 cm³/mol. The Morgan fingerprint density at radius 2 is 1.44 bits per heavy atom. The van der Waals surface area contributed by atoms with E-state index in [4.69, 9.17) is 0 Å². The molecule has 0 radical (unpaired) electrons. The van der Waals surface area contributed by atoms with E-state index in [1.165, 1.54) is 41.1 Å². The molecule has 7 rings (SSSR count). The van der Waals surface area contributed by atoms with E-state index in [2.05, 4.69) is 70.6 Å². The molecule has 2 nitrogen and oxygen atoms in total. The topological polar surface area (TPSA) is 17.0 Å². The lowest BCUT2D eigenvalue weighted by Crippen LogP contribution is -2.24. The summed E-state index contributed by atoms with van der Waals surface area (Å²) in [4.78, 5) is 0. The second kappa shape index (κ2) is 7.29. The summed E-state index contributed by atoms with van der Waals surface area (Å²) >= 11 is 0. The van der Waals surface area contributed by atoms with Crippen LogP contribution >= 0.6 is 0 Å². The van der Waals surface area contributed by atoms with Gasteiger partial charge >= 0.3 is 0 Å². The van der Waals surface area contributed by atoms with Gasteiger partial charge in [0.1, 0.15) is 11.6 Å². The van der Waals surface area contributed by atoms with Gasteiger partial charge in [-0.25, -0.2) is 8.78 Å². The Kier molecular flexibility index (Phi) is 4.19. The quantitative estimate of drug-likeness (QED) is 0.347. The van der Waals surface area contributed by atoms with E-state index in [9.17, 15) is 8.78 Å². The molecule has 34 heavy (non-hydrogen) atoms. The molecule has 1 fully saturated rings. The number of benzene rings is 3. The zero-order chi connectivity index (χ0) is 22.8. The zero-order valence-electron chi connectivity index (χ0n) is 18.4. The summed E-state index contributed by atoms with van der Waals surface area (Å²) in [5.74, 6) is 0.329. The number of aromatic nitrogens is 1. The maximum Gasteiger partial charge on any atom is 0.123 e. The van der Waals surface area contributed by atoms with Crippen molar-refractivity contribution in [3.05, 3.63) is 120 Å². The van der Waals surface area contributed by atoms with Crippen molar-refractivity contribution < 1.29 is 8.78 Å². The van der Waals surface area contributed by atoms with Crippen LogP contribution in [0.3, 0.4) is 0 Å². The van der Waals surface area contributed by atoms with Crippen molar-refractivity contribution in [3.8, 4) is 5.69 Å². The lowest BCUT2D eigenvalue weighted by molar-refractivity contribution is 0.492. The summed E-state index contributed by atoms with van der Waals surface area (Å²) in [6.45, 7) is 0. The van der Waals surface area contributed by atoms with Gasteiger partial charge in [-0.15, -0.1) is 0 Å². The van der Waals surface area contributed by atoms with Crippen LogP contribution in [-0.4, -0.2) is 10.6 Å². The summed E-state index contributed by atoms with van der Waals surface area (Å²) in [6, 6.07) is 18.3. The Bertz CT molecular complexity index is 1520. The number of hydrogen-bond donors (Lipinski definition) is 1. The van der Waals surface area contributed by atoms with E-state index in [0.717, 1.165) is 23.1 Å². The molecule has 3 atom stereocenters. The third kappa shape index (κ3) is 2.91. The molecule has 3 unspecified atom stereocenters. The Balaban J connectivity index is 1.27. The first-order valence-corrected chi connectivity index (χ1v) is 11.7. The van der Waals surface area contributed by atoms with E-state index in [1.807, 2.05) is 0 Å². The second-order valence-corrected chi connectivity index (χ2v) is 9.35. The molecule has 2 aliphatic carbocycles. The third-order valence-corrected chi connectivity index (χ3v) is 7.46. The third-order valence-electron chi connectivity index (χ3n) is 7.46. The Hall–Kier alpha value is -3.92. The lowest BCUT2D eigenvalue weighted by atomic mass is 9.79. The molecule has 0 amide bonds. The zero-order valence-corrected chi connectivity index (χ0v) is 18.4. The van der Waals surface area contributed by atoms with Crippen LogP contribution in [0.1, 0.15) is 12.0 Å². The minimum absolute atomic E-state index is 0.324. The van der Waals surface area contributed by atoms with Gasteiger partial charge in [0.25, 0.3) is 0 Å². The fraction of sp³-hybridized carbons (Fsp3) is 0.133. The van der Waals surface area contributed by atoms with Crippen LogP contribution in [0, 0.1) is 23.5 Å². The van der Waals surface area contributed by atoms with Crippen molar-refractivity contribution in [3.63, 3.8) is 0 Å². The molecule has 0 spiro atoms. The molecule has 3 aliphatic rings. The number of nitrogens with one attached hydrogen (secondary N) is 1. The van der Waals surface area contributed by atoms with E-state index >= 15 is 0 Å². The van der Waals surface area contributed by atoms with Gasteiger partial charge in [-0.1, -0.05) is 42.5 Å². The molecule has 0 bridgehead atoms. The van der Waals surface area contributed by atoms with Crippen molar-refractivity contribution >= 4 is 27.4 Å². The highest BCUT2D eigenvalue weighted by Gasteiger charge is 2.38. The van der Waals surface area contributed by atoms with E-state index in [0.29, 0.717) is 28.7 Å². The summed E-state index contributed by atoms with van der Waals surface area (Å²) < 4.78 is 30.1. The van der Waals surface area contributed by atoms with Crippen molar-refractivity contribution in [2.45, 2.75) is 12.5 Å². The highest BCUT2D eigenvalue weighted by molar-refractivity contribution is 6.09. The fourth-order valence-electron chi connectivity index (χ4n) is 5.86. The average Bonchev–Trinajstić information content (AvgIpc) is 3.39. The van der Waals surface area contributed by atoms with Gasteiger partial charge in [0.15, 0.2) is 0 Å². The van der Waals surface area contributed by atoms with Gasteiger partial charge in [0.05, 0.1) is 17.1 Å². The SMILES string of the molecule is Fc1ccc2c(c1)c1cc(F)ccc1n2-c1ccc(C2=CC=C3NC4C=CC=CC4C3C2)cc1. The first kappa shape index (κ1) is 19.5. The first-order chi connectivity index (χ1) is 16.7. The van der Waals surface area contributed by atoms with Crippen molar-refractivity contribution in [1.82, 2.24) is 9.88 Å². The van der Waals surface area contributed by atoms with Gasteiger partial charge in [-0.05, 0) is 72.2 Å². The summed E-state index contributed by atoms with van der Waals surface area (Å²) in [5.41, 5.74) is 6.56. The standard InChI is InChI=1S/C30H22F2N2/c31-20-8-13-29-25(16-20)26-17-21(32)9-14-30(26)34(29)22-10-5-18(6-11-22)19-7-12-28-24(15-19)23-3-1-2-4-27(23)33-28/h1-14,16-17,23-24,27,33H,15H2. The van der Waals surface area contributed by atoms with E-state index < -0.39 is 0 Å². The van der Waals surface area contributed by atoms with Gasteiger partial charge < -0.3 is 9.88 Å². The molecule has 4 aromatic rings. The Morgan fingerprint density at radius 1 is 0.765 bits per heavy atom. The number of nitrogens with zero attached hydrogens (tertiary/aromatic N) is 1. The molecule has 1 aliphatic heterocycles. The van der Waals surface area contributed by atoms with Gasteiger partial charge in [0, 0.05) is 34.0 Å². The highest BCUT2D eigenvalue weighted by atomic mass is 19.1. The highest BCUT2D eigenvalue weighted by Crippen LogP contribution is 2.42. The average molecular weight is 449 g/mol. The molecule has 0 saturated carbocycles. The first-order valence-electron chi connectivity index (χ1n) is 11.7. The van der Waals surface area contributed by atoms with Crippen molar-refractivity contribution in [2.75, 3.05) is 0 Å². The molecule has 1 aromatic heterocycles. The van der Waals surface area contributed by atoms with Crippen LogP contribution in [0.15, 0.2) is 103 Å². The summed E-state index contributed by atoms with van der Waals surface area (Å²) in [6.07, 6.45) is 14.3. The Labute approximate surface area is 196 Å². The normalized spacial score (nSPS) is 22.9. The molecule has 2 heterocycles. The van der Waals surface area contributed by atoms with Crippen LogP contribution in [0.5, 0.6) is 0 Å². The van der Waals surface area contributed by atoms with Crippen LogP contribution < -0.4 is 5.32 Å². The summed E-state index contributed by atoms with van der Waals surface area (Å²) in [7, 11) is 0. The molecule has 3 aromatic carbocycles. The lowest BCUT2D eigenvalue weighted by Gasteiger charge is -2.23. The van der Waals surface area contributed by atoms with Crippen LogP contribution in [-0.2, 0) is 0 Å². The number of hydrogen-bond acceptors (Lipinski definition) is 1. The van der Waals surface area contributed by atoms with Gasteiger partial charge in [0.2, 0.25) is 0 Å². The van der Waals surface area contributed by atoms with Crippen molar-refractivity contribution in [2.24, 2.45) is 11.8 Å². The minimum Gasteiger partial charge on any atom is -0.381 e. The Morgan fingerprint density at radius 3 is 2.15 bits per heavy atom. The molecule has 166 valence electrons. The molecule has 1 saturated heterocycles. The number of fused-ring (bicyclic) bond motifs is 6. The smallest absolute Gasteiger partial charge is 0.123 e. The maximum atomic E-state index is 14.0. The van der Waals surface area contributed by atoms with Crippen LogP contribution in [0.2, 0.25) is 0 Å². The number of rotatable bonds is 2. The fourth-order valence-corrected chi connectivity index (χ4v) is 5.86. The number of halogens is 2. The molecular weight excluding hydrogens is 426 g/mol. The second-order valence-electron chi connectivity index (χ2n) is 9.35. The molecular formula is C30H22F2N2. The minimum atomic E-state index is -0.324. The van der Waals surface area contributed by atoms with Gasteiger partial charge in [-0.3, -0.25) is 0 Å².